The molecule has 0 bridgehead atoms. The summed E-state index contributed by atoms with van der Waals surface area (Å²) in [5.41, 5.74) is -0.500. The molecule has 0 aromatic rings. The molecule has 13 heavy (non-hydrogen) atoms. The average molecular weight is 263 g/mol. The van der Waals surface area contributed by atoms with Crippen molar-refractivity contribution in [3.05, 3.63) is 24.3 Å². The summed E-state index contributed by atoms with van der Waals surface area (Å²) in [6.07, 6.45) is 10.0. The van der Waals surface area contributed by atoms with Gasteiger partial charge in [-0.2, -0.15) is 6.08 Å². The van der Waals surface area contributed by atoms with Crippen LogP contribution >= 0.6 is 24.8 Å². The number of hydrogen-bond acceptors (Lipinski definition) is 1. The van der Waals surface area contributed by atoms with Gasteiger partial charge in [-0.15, -0.1) is 31.2 Å². The van der Waals surface area contributed by atoms with Gasteiger partial charge in [0, 0.05) is 18.6 Å². The van der Waals surface area contributed by atoms with E-state index in [0.717, 1.165) is 6.42 Å². The summed E-state index contributed by atoms with van der Waals surface area (Å²) >= 11 is 0. The van der Waals surface area contributed by atoms with Gasteiger partial charge in [0.25, 0.3) is 0 Å². The zero-order valence-electron chi connectivity index (χ0n) is 8.15. The van der Waals surface area contributed by atoms with Crippen molar-refractivity contribution in [2.45, 2.75) is 32.8 Å². The molecule has 1 N–H and O–H groups in total. The largest absolute Gasteiger partial charge is 0.391 e. The Kier molecular flexibility index (Phi) is 22.7. The maximum absolute atomic E-state index is 8.52. The summed E-state index contributed by atoms with van der Waals surface area (Å²) in [6.45, 7) is 5.23. The van der Waals surface area contributed by atoms with E-state index < -0.39 is 5.60 Å². The third kappa shape index (κ3) is 45.1. The van der Waals surface area contributed by atoms with Gasteiger partial charge in [0.15, 0.2) is 0 Å². The molecule has 1 rings (SSSR count). The van der Waals surface area contributed by atoms with Crippen molar-refractivity contribution < 1.29 is 23.7 Å². The minimum atomic E-state index is -0.500. The molecule has 0 aromatic heterocycles. The first-order valence-electron chi connectivity index (χ1n) is 3.44. The summed E-state index contributed by atoms with van der Waals surface area (Å²) in [7, 11) is 0. The van der Waals surface area contributed by atoms with Gasteiger partial charge in [0.1, 0.15) is 0 Å². The van der Waals surface area contributed by atoms with Crippen molar-refractivity contribution >= 4 is 24.8 Å². The summed E-state index contributed by atoms with van der Waals surface area (Å²) < 4.78 is 0. The Balaban J connectivity index is -0.0000000506. The number of aliphatic hydroxyl groups is 1. The summed E-state index contributed by atoms with van der Waals surface area (Å²) in [5.74, 6) is 0. The molecule has 0 saturated heterocycles. The van der Waals surface area contributed by atoms with Crippen molar-refractivity contribution in [2.75, 3.05) is 0 Å². The van der Waals surface area contributed by atoms with E-state index in [9.17, 15) is 0 Å². The van der Waals surface area contributed by atoms with E-state index in [1.165, 1.54) is 0 Å². The molecule has 0 heterocycles. The van der Waals surface area contributed by atoms with Gasteiger partial charge in [0.2, 0.25) is 0 Å². The van der Waals surface area contributed by atoms with E-state index in [1.54, 1.807) is 20.8 Å². The predicted molar refractivity (Wildman–Crippen MR) is 58.0 cm³/mol. The van der Waals surface area contributed by atoms with Crippen LogP contribution in [0.3, 0.4) is 0 Å². The number of halogens is 2. The fraction of sp³-hybridized carbons (Fsp3) is 0.556. The molecule has 79 valence electrons. The fourth-order valence-electron chi connectivity index (χ4n) is 0.340. The van der Waals surface area contributed by atoms with Crippen LogP contribution in [-0.4, -0.2) is 10.7 Å². The first kappa shape index (κ1) is 23.4. The SMILES string of the molecule is CC(C)(C)O.Cl.Cl.[C-]1=CC=CC1.[V]. The van der Waals surface area contributed by atoms with Gasteiger partial charge >= 0.3 is 0 Å². The molecule has 0 aromatic carbocycles. The first-order chi connectivity index (χ1) is 4.50. The van der Waals surface area contributed by atoms with Crippen LogP contribution < -0.4 is 0 Å². The molecule has 0 saturated carbocycles. The van der Waals surface area contributed by atoms with Gasteiger partial charge in [-0.25, -0.2) is 12.2 Å². The van der Waals surface area contributed by atoms with Crippen LogP contribution in [0.5, 0.6) is 0 Å². The second-order valence-electron chi connectivity index (χ2n) is 3.17. The third-order valence-electron chi connectivity index (χ3n) is 0.586. The van der Waals surface area contributed by atoms with E-state index in [0.29, 0.717) is 0 Å². The van der Waals surface area contributed by atoms with Crippen molar-refractivity contribution in [1.82, 2.24) is 0 Å². The number of rotatable bonds is 0. The van der Waals surface area contributed by atoms with Crippen LogP contribution in [0.4, 0.5) is 0 Å². The van der Waals surface area contributed by atoms with E-state index in [4.69, 9.17) is 5.11 Å². The van der Waals surface area contributed by atoms with Crippen LogP contribution in [-0.2, 0) is 18.6 Å². The van der Waals surface area contributed by atoms with Gasteiger partial charge in [-0.05, 0) is 20.8 Å². The van der Waals surface area contributed by atoms with E-state index in [1.807, 2.05) is 12.2 Å². The van der Waals surface area contributed by atoms with Crippen molar-refractivity contribution in [1.29, 1.82) is 0 Å². The van der Waals surface area contributed by atoms with Gasteiger partial charge in [0.05, 0.1) is 5.60 Å². The van der Waals surface area contributed by atoms with Crippen molar-refractivity contribution in [2.24, 2.45) is 0 Å². The monoisotopic (exact) mass is 262 g/mol. The van der Waals surface area contributed by atoms with Gasteiger partial charge in [-0.1, -0.05) is 0 Å². The maximum atomic E-state index is 8.52. The molecule has 0 unspecified atom stereocenters. The van der Waals surface area contributed by atoms with Crippen LogP contribution in [0, 0.1) is 6.08 Å². The average Bonchev–Trinajstić information content (AvgIpc) is 2.07. The van der Waals surface area contributed by atoms with Crippen LogP contribution in [0.2, 0.25) is 0 Å². The van der Waals surface area contributed by atoms with Crippen LogP contribution in [0.1, 0.15) is 27.2 Å². The molecular formula is C9H17Cl2OV-. The second-order valence-corrected chi connectivity index (χ2v) is 3.17. The van der Waals surface area contributed by atoms with E-state index in [2.05, 4.69) is 12.2 Å². The Morgan fingerprint density at radius 2 is 1.62 bits per heavy atom. The zero-order valence-corrected chi connectivity index (χ0v) is 11.2. The summed E-state index contributed by atoms with van der Waals surface area (Å²) in [5, 5.41) is 8.52. The van der Waals surface area contributed by atoms with Crippen LogP contribution in [0.15, 0.2) is 18.2 Å². The Hall–Kier alpha value is 0.604. The normalized spacial score (nSPS) is 11.4. The minimum absolute atomic E-state index is 0. The summed E-state index contributed by atoms with van der Waals surface area (Å²) in [4.78, 5) is 0. The molecule has 0 fully saturated rings. The molecule has 4 heteroatoms. The molecular weight excluding hydrogens is 246 g/mol. The Bertz CT molecular complexity index is 123. The Labute approximate surface area is 105 Å². The number of allylic oxidation sites excluding steroid dienone is 4. The Morgan fingerprint density at radius 3 is 1.69 bits per heavy atom. The van der Waals surface area contributed by atoms with E-state index >= 15 is 0 Å². The molecule has 0 atom stereocenters. The molecule has 1 radical (unpaired) electrons. The fourth-order valence-corrected chi connectivity index (χ4v) is 0.340. The van der Waals surface area contributed by atoms with Gasteiger partial charge in [-0.3, -0.25) is 6.08 Å². The van der Waals surface area contributed by atoms with Crippen LogP contribution in [0.25, 0.3) is 0 Å². The molecule has 1 nitrogen and oxygen atoms in total. The smallest absolute Gasteiger partial charge is 0.0563 e. The number of hydrogen-bond donors (Lipinski definition) is 1. The molecule has 0 aliphatic heterocycles. The van der Waals surface area contributed by atoms with Gasteiger partial charge < -0.3 is 5.11 Å². The molecule has 0 amide bonds. The standard InChI is InChI=1S/C5H5.C4H10O.2ClH.V/c1-2-4-5-3-1;1-4(2,3)5;;;/h1-3H,4H2;5H,1-3H3;2*1H;/q-1;;;;. The molecule has 1 aliphatic rings. The first-order valence-corrected chi connectivity index (χ1v) is 3.44. The second kappa shape index (κ2) is 12.6. The maximum Gasteiger partial charge on any atom is 0.0563 e. The zero-order chi connectivity index (χ0) is 8.04. The molecule has 1 aliphatic carbocycles. The quantitative estimate of drug-likeness (QED) is 0.666. The minimum Gasteiger partial charge on any atom is -0.391 e. The molecule has 0 spiro atoms. The van der Waals surface area contributed by atoms with E-state index in [-0.39, 0.29) is 43.4 Å². The van der Waals surface area contributed by atoms with Crippen molar-refractivity contribution in [3.8, 4) is 0 Å². The van der Waals surface area contributed by atoms with Crippen molar-refractivity contribution in [3.63, 3.8) is 0 Å². The topological polar surface area (TPSA) is 20.2 Å². The Morgan fingerprint density at radius 1 is 1.23 bits per heavy atom. The predicted octanol–water partition coefficient (Wildman–Crippen LogP) is 2.92. The summed E-state index contributed by atoms with van der Waals surface area (Å²) in [6, 6.07) is 0. The third-order valence-corrected chi connectivity index (χ3v) is 0.586.